The summed E-state index contributed by atoms with van der Waals surface area (Å²) in [5.41, 5.74) is 2.81. The van der Waals surface area contributed by atoms with Crippen molar-refractivity contribution in [2.75, 3.05) is 12.4 Å². The van der Waals surface area contributed by atoms with E-state index in [1.807, 2.05) is 54.6 Å². The number of ether oxygens (including phenoxy) is 1. The number of para-hydroxylation sites is 1. The number of nitrogens with one attached hydrogen (secondary N) is 1. The van der Waals surface area contributed by atoms with Gasteiger partial charge in [-0.2, -0.15) is 0 Å². The Morgan fingerprint density at radius 3 is 2.52 bits per heavy atom. The molecule has 0 saturated heterocycles. The molecular weight excluding hydrogens is 366 g/mol. The minimum absolute atomic E-state index is 0.258. The van der Waals surface area contributed by atoms with Crippen LogP contribution in [-0.4, -0.2) is 13.0 Å². The maximum atomic E-state index is 13.0. The topological polar surface area (TPSA) is 68.5 Å². The summed E-state index contributed by atoms with van der Waals surface area (Å²) in [6.07, 6.45) is 0.687. The standard InChI is InChI=1S/C24H19NO4/c1-28-18-11-12-19-20(15-23(26)29-22(19)14-18)24(27)25-21-10-6-5-9-17(21)13-16-7-3-2-4-8-16/h2-12,14-15H,13H2,1H3,(H,25,27). The molecule has 0 spiro atoms. The fourth-order valence-corrected chi connectivity index (χ4v) is 3.26. The van der Waals surface area contributed by atoms with Gasteiger partial charge < -0.3 is 14.5 Å². The van der Waals surface area contributed by atoms with Crippen molar-refractivity contribution in [1.29, 1.82) is 0 Å². The van der Waals surface area contributed by atoms with E-state index in [-0.39, 0.29) is 11.5 Å². The normalized spacial score (nSPS) is 10.7. The zero-order valence-corrected chi connectivity index (χ0v) is 15.8. The summed E-state index contributed by atoms with van der Waals surface area (Å²) < 4.78 is 10.4. The highest BCUT2D eigenvalue weighted by atomic mass is 16.5. The quantitative estimate of drug-likeness (QED) is 0.508. The van der Waals surface area contributed by atoms with E-state index in [0.29, 0.717) is 28.8 Å². The highest BCUT2D eigenvalue weighted by Gasteiger charge is 2.15. The summed E-state index contributed by atoms with van der Waals surface area (Å²) >= 11 is 0. The number of hydrogen-bond acceptors (Lipinski definition) is 4. The Bertz CT molecular complexity index is 1230. The molecule has 4 aromatic rings. The molecule has 1 N–H and O–H groups in total. The minimum Gasteiger partial charge on any atom is -0.497 e. The van der Waals surface area contributed by atoms with Crippen molar-refractivity contribution in [3.63, 3.8) is 0 Å². The SMILES string of the molecule is COc1ccc2c(C(=O)Nc3ccccc3Cc3ccccc3)cc(=O)oc2c1. The van der Waals surface area contributed by atoms with Gasteiger partial charge in [-0.1, -0.05) is 48.5 Å². The molecule has 0 aliphatic carbocycles. The first kappa shape index (κ1) is 18.5. The number of benzene rings is 3. The molecule has 0 radical (unpaired) electrons. The molecule has 0 fully saturated rings. The summed E-state index contributed by atoms with van der Waals surface area (Å²) in [5, 5.41) is 3.49. The highest BCUT2D eigenvalue weighted by Crippen LogP contribution is 2.24. The number of hydrogen-bond donors (Lipinski definition) is 1. The van der Waals surface area contributed by atoms with Gasteiger partial charge in [-0.3, -0.25) is 4.79 Å². The largest absolute Gasteiger partial charge is 0.497 e. The molecule has 144 valence electrons. The zero-order valence-electron chi connectivity index (χ0n) is 15.8. The predicted octanol–water partition coefficient (Wildman–Crippen LogP) is 4.64. The van der Waals surface area contributed by atoms with Crippen LogP contribution < -0.4 is 15.7 Å². The fraction of sp³-hybridized carbons (Fsp3) is 0.0833. The second kappa shape index (κ2) is 8.02. The highest BCUT2D eigenvalue weighted by molar-refractivity contribution is 6.12. The molecule has 0 atom stereocenters. The van der Waals surface area contributed by atoms with Crippen LogP contribution in [0, 0.1) is 0 Å². The number of fused-ring (bicyclic) bond motifs is 1. The number of anilines is 1. The third-order valence-electron chi connectivity index (χ3n) is 4.70. The molecule has 3 aromatic carbocycles. The molecule has 5 heteroatoms. The Hall–Kier alpha value is -3.86. The van der Waals surface area contributed by atoms with Gasteiger partial charge >= 0.3 is 5.63 Å². The van der Waals surface area contributed by atoms with Crippen LogP contribution in [0.5, 0.6) is 5.75 Å². The molecular formula is C24H19NO4. The van der Waals surface area contributed by atoms with Crippen molar-refractivity contribution < 1.29 is 13.9 Å². The van der Waals surface area contributed by atoms with Crippen LogP contribution in [0.25, 0.3) is 11.0 Å². The maximum Gasteiger partial charge on any atom is 0.337 e. The monoisotopic (exact) mass is 385 g/mol. The van der Waals surface area contributed by atoms with Crippen molar-refractivity contribution >= 4 is 22.6 Å². The van der Waals surface area contributed by atoms with Gasteiger partial charge in [0.15, 0.2) is 0 Å². The van der Waals surface area contributed by atoms with Gasteiger partial charge in [0.25, 0.3) is 5.91 Å². The molecule has 0 aliphatic rings. The molecule has 5 nitrogen and oxygen atoms in total. The Labute approximate surface area is 167 Å². The first-order valence-electron chi connectivity index (χ1n) is 9.19. The van der Waals surface area contributed by atoms with E-state index in [2.05, 4.69) is 5.32 Å². The molecule has 0 unspecified atom stereocenters. The van der Waals surface area contributed by atoms with Crippen LogP contribution in [0.4, 0.5) is 5.69 Å². The van der Waals surface area contributed by atoms with E-state index in [4.69, 9.17) is 9.15 Å². The van der Waals surface area contributed by atoms with E-state index in [1.165, 1.54) is 13.2 Å². The van der Waals surface area contributed by atoms with Crippen molar-refractivity contribution in [1.82, 2.24) is 0 Å². The van der Waals surface area contributed by atoms with Gasteiger partial charge in [0.05, 0.1) is 12.7 Å². The van der Waals surface area contributed by atoms with Gasteiger partial charge in [-0.15, -0.1) is 0 Å². The van der Waals surface area contributed by atoms with Gasteiger partial charge in [0.1, 0.15) is 11.3 Å². The molecule has 1 amide bonds. The van der Waals surface area contributed by atoms with Crippen LogP contribution in [0.1, 0.15) is 21.5 Å². The number of methoxy groups -OCH3 is 1. The lowest BCUT2D eigenvalue weighted by molar-refractivity contribution is 0.102. The molecule has 29 heavy (non-hydrogen) atoms. The lowest BCUT2D eigenvalue weighted by atomic mass is 10.0. The average molecular weight is 385 g/mol. The third-order valence-corrected chi connectivity index (χ3v) is 4.70. The molecule has 1 aromatic heterocycles. The summed E-state index contributed by atoms with van der Waals surface area (Å²) in [6.45, 7) is 0. The van der Waals surface area contributed by atoms with Crippen molar-refractivity contribution in [2.24, 2.45) is 0 Å². The van der Waals surface area contributed by atoms with E-state index in [0.717, 1.165) is 11.1 Å². The fourth-order valence-electron chi connectivity index (χ4n) is 3.26. The minimum atomic E-state index is -0.589. The van der Waals surface area contributed by atoms with Crippen molar-refractivity contribution in [3.8, 4) is 5.75 Å². The van der Waals surface area contributed by atoms with Crippen molar-refractivity contribution in [3.05, 3.63) is 106 Å². The Morgan fingerprint density at radius 1 is 0.966 bits per heavy atom. The summed E-state index contributed by atoms with van der Waals surface area (Å²) in [4.78, 5) is 25.0. The summed E-state index contributed by atoms with van der Waals surface area (Å²) in [7, 11) is 1.53. The molecule has 4 rings (SSSR count). The van der Waals surface area contributed by atoms with E-state index in [1.54, 1.807) is 18.2 Å². The van der Waals surface area contributed by atoms with Crippen LogP contribution in [0.3, 0.4) is 0 Å². The number of rotatable bonds is 5. The third kappa shape index (κ3) is 4.04. The average Bonchev–Trinajstić information content (AvgIpc) is 2.74. The Morgan fingerprint density at radius 2 is 1.72 bits per heavy atom. The van der Waals surface area contributed by atoms with Crippen LogP contribution in [-0.2, 0) is 6.42 Å². The second-order valence-electron chi connectivity index (χ2n) is 6.61. The lowest BCUT2D eigenvalue weighted by Gasteiger charge is -2.12. The summed E-state index contributed by atoms with van der Waals surface area (Å²) in [5.74, 6) is 0.181. The Kier molecular flexibility index (Phi) is 5.12. The van der Waals surface area contributed by atoms with Crippen LogP contribution in [0.2, 0.25) is 0 Å². The zero-order chi connectivity index (χ0) is 20.2. The second-order valence-corrected chi connectivity index (χ2v) is 6.61. The molecule has 0 aliphatic heterocycles. The van der Waals surface area contributed by atoms with Crippen LogP contribution >= 0.6 is 0 Å². The van der Waals surface area contributed by atoms with Gasteiger partial charge in [-0.05, 0) is 35.7 Å². The van der Waals surface area contributed by atoms with Crippen LogP contribution in [0.15, 0.2) is 88.1 Å². The molecule has 0 saturated carbocycles. The first-order valence-corrected chi connectivity index (χ1v) is 9.19. The smallest absolute Gasteiger partial charge is 0.337 e. The number of carbonyl (C=O) groups is 1. The lowest BCUT2D eigenvalue weighted by Crippen LogP contribution is -2.16. The maximum absolute atomic E-state index is 13.0. The molecule has 1 heterocycles. The number of carbonyl (C=O) groups excluding carboxylic acids is 1. The van der Waals surface area contributed by atoms with Gasteiger partial charge in [0.2, 0.25) is 0 Å². The Balaban J connectivity index is 1.68. The predicted molar refractivity (Wildman–Crippen MR) is 113 cm³/mol. The number of amides is 1. The van der Waals surface area contributed by atoms with Gasteiger partial charge in [0, 0.05) is 23.2 Å². The van der Waals surface area contributed by atoms with E-state index in [9.17, 15) is 9.59 Å². The molecule has 0 bridgehead atoms. The van der Waals surface area contributed by atoms with E-state index >= 15 is 0 Å². The first-order chi connectivity index (χ1) is 14.1. The van der Waals surface area contributed by atoms with Crippen molar-refractivity contribution in [2.45, 2.75) is 6.42 Å². The summed E-state index contributed by atoms with van der Waals surface area (Å²) in [6, 6.07) is 23.9. The van der Waals surface area contributed by atoms with E-state index < -0.39 is 5.63 Å². The van der Waals surface area contributed by atoms with Gasteiger partial charge in [-0.25, -0.2) is 4.79 Å².